The summed E-state index contributed by atoms with van der Waals surface area (Å²) in [5.41, 5.74) is 3.21. The summed E-state index contributed by atoms with van der Waals surface area (Å²) in [6.45, 7) is 2.70. The van der Waals surface area contributed by atoms with E-state index in [0.29, 0.717) is 6.61 Å². The fourth-order valence-corrected chi connectivity index (χ4v) is 3.83. The molecule has 4 rings (SSSR count). The van der Waals surface area contributed by atoms with Crippen LogP contribution in [0.15, 0.2) is 48.5 Å². The van der Waals surface area contributed by atoms with Gasteiger partial charge in [0, 0.05) is 24.5 Å². The van der Waals surface area contributed by atoms with Gasteiger partial charge in [-0.25, -0.2) is 0 Å². The SMILES string of the molecule is O=C(Nc1ccc(N2CCCCCC2)cc1)C1COc2ccccc2C1. The highest BCUT2D eigenvalue weighted by atomic mass is 16.5. The molecule has 4 nitrogen and oxygen atoms in total. The molecule has 2 aromatic rings. The summed E-state index contributed by atoms with van der Waals surface area (Å²) in [6, 6.07) is 16.2. The molecule has 1 amide bonds. The Hall–Kier alpha value is -2.49. The van der Waals surface area contributed by atoms with E-state index in [1.165, 1.54) is 31.4 Å². The quantitative estimate of drug-likeness (QED) is 0.899. The van der Waals surface area contributed by atoms with E-state index in [4.69, 9.17) is 4.74 Å². The number of ether oxygens (including phenoxy) is 1. The van der Waals surface area contributed by atoms with Crippen LogP contribution in [0.4, 0.5) is 11.4 Å². The van der Waals surface area contributed by atoms with Gasteiger partial charge in [-0.1, -0.05) is 31.0 Å². The molecule has 26 heavy (non-hydrogen) atoms. The van der Waals surface area contributed by atoms with Crippen LogP contribution >= 0.6 is 0 Å². The van der Waals surface area contributed by atoms with Crippen LogP contribution in [0.2, 0.25) is 0 Å². The van der Waals surface area contributed by atoms with E-state index in [2.05, 4.69) is 22.3 Å². The minimum Gasteiger partial charge on any atom is -0.492 e. The van der Waals surface area contributed by atoms with Crippen molar-refractivity contribution < 1.29 is 9.53 Å². The molecule has 2 aromatic carbocycles. The Morgan fingerprint density at radius 2 is 1.69 bits per heavy atom. The highest BCUT2D eigenvalue weighted by Crippen LogP contribution is 2.28. The molecule has 1 atom stereocenters. The average molecular weight is 350 g/mol. The summed E-state index contributed by atoms with van der Waals surface area (Å²) in [6.07, 6.45) is 5.92. The standard InChI is InChI=1S/C22H26N2O2/c25-22(18-15-17-7-3-4-8-21(17)26-16-18)23-19-9-11-20(12-10-19)24-13-5-1-2-6-14-24/h3-4,7-12,18H,1-2,5-6,13-16H2,(H,23,25). The van der Waals surface area contributed by atoms with Gasteiger partial charge in [0.05, 0.1) is 5.92 Å². The van der Waals surface area contributed by atoms with Crippen molar-refractivity contribution in [3.05, 3.63) is 54.1 Å². The van der Waals surface area contributed by atoms with Gasteiger partial charge in [0.25, 0.3) is 0 Å². The van der Waals surface area contributed by atoms with Gasteiger partial charge >= 0.3 is 0 Å². The molecule has 0 aliphatic carbocycles. The molecule has 4 heteroatoms. The summed E-state index contributed by atoms with van der Waals surface area (Å²) in [7, 11) is 0. The van der Waals surface area contributed by atoms with Crippen LogP contribution in [-0.2, 0) is 11.2 Å². The first kappa shape index (κ1) is 17.0. The molecule has 0 spiro atoms. The normalized spacial score (nSPS) is 19.8. The van der Waals surface area contributed by atoms with E-state index in [1.807, 2.05) is 36.4 Å². The minimum atomic E-state index is -0.143. The Bertz CT molecular complexity index is 749. The number of nitrogens with zero attached hydrogens (tertiary/aromatic N) is 1. The van der Waals surface area contributed by atoms with Crippen molar-refractivity contribution in [2.75, 3.05) is 29.9 Å². The van der Waals surface area contributed by atoms with Gasteiger partial charge in [0.1, 0.15) is 12.4 Å². The highest BCUT2D eigenvalue weighted by molar-refractivity contribution is 5.93. The summed E-state index contributed by atoms with van der Waals surface area (Å²) in [5.74, 6) is 0.788. The maximum absolute atomic E-state index is 12.6. The molecule has 0 radical (unpaired) electrons. The van der Waals surface area contributed by atoms with E-state index in [1.54, 1.807) is 0 Å². The first-order valence-electron chi connectivity index (χ1n) is 9.66. The lowest BCUT2D eigenvalue weighted by Crippen LogP contribution is -2.32. The molecule has 2 heterocycles. The maximum Gasteiger partial charge on any atom is 0.231 e. The fourth-order valence-electron chi connectivity index (χ4n) is 3.83. The molecule has 0 aromatic heterocycles. The zero-order chi connectivity index (χ0) is 17.8. The fraction of sp³-hybridized carbons (Fsp3) is 0.409. The Labute approximate surface area is 155 Å². The predicted octanol–water partition coefficient (Wildman–Crippen LogP) is 4.26. The van der Waals surface area contributed by atoms with Crippen LogP contribution in [0.1, 0.15) is 31.2 Å². The van der Waals surface area contributed by atoms with Crippen molar-refractivity contribution in [2.45, 2.75) is 32.1 Å². The van der Waals surface area contributed by atoms with Crippen LogP contribution in [0, 0.1) is 5.92 Å². The molecule has 1 saturated heterocycles. The lowest BCUT2D eigenvalue weighted by Gasteiger charge is -2.25. The Morgan fingerprint density at radius 3 is 2.46 bits per heavy atom. The molecule has 1 unspecified atom stereocenters. The number of para-hydroxylation sites is 1. The van der Waals surface area contributed by atoms with Gasteiger partial charge in [-0.2, -0.15) is 0 Å². The van der Waals surface area contributed by atoms with Crippen LogP contribution in [0.25, 0.3) is 0 Å². The van der Waals surface area contributed by atoms with E-state index >= 15 is 0 Å². The van der Waals surface area contributed by atoms with Crippen LogP contribution in [-0.4, -0.2) is 25.6 Å². The summed E-state index contributed by atoms with van der Waals surface area (Å²) in [5, 5.41) is 3.05. The average Bonchev–Trinajstić information content (AvgIpc) is 2.98. The number of amides is 1. The maximum atomic E-state index is 12.6. The number of rotatable bonds is 3. The number of carbonyl (C=O) groups is 1. The number of fused-ring (bicyclic) bond motifs is 1. The number of nitrogens with one attached hydrogen (secondary N) is 1. The summed E-state index contributed by atoms with van der Waals surface area (Å²) >= 11 is 0. The first-order chi connectivity index (χ1) is 12.8. The van der Waals surface area contributed by atoms with Gasteiger partial charge < -0.3 is 15.0 Å². The van der Waals surface area contributed by atoms with E-state index in [-0.39, 0.29) is 11.8 Å². The van der Waals surface area contributed by atoms with Gasteiger partial charge in [-0.15, -0.1) is 0 Å². The van der Waals surface area contributed by atoms with Gasteiger partial charge in [-0.05, 0) is 55.2 Å². The van der Waals surface area contributed by atoms with Gasteiger partial charge in [0.2, 0.25) is 5.91 Å². The molecule has 0 saturated carbocycles. The largest absolute Gasteiger partial charge is 0.492 e. The number of benzene rings is 2. The molecule has 2 aliphatic heterocycles. The summed E-state index contributed by atoms with van der Waals surface area (Å²) in [4.78, 5) is 15.1. The zero-order valence-electron chi connectivity index (χ0n) is 15.1. The Balaban J connectivity index is 1.37. The Kier molecular flexibility index (Phi) is 5.09. The lowest BCUT2D eigenvalue weighted by atomic mass is 9.96. The van der Waals surface area contributed by atoms with Crippen molar-refractivity contribution in [1.82, 2.24) is 0 Å². The second kappa shape index (κ2) is 7.81. The third kappa shape index (κ3) is 3.85. The van der Waals surface area contributed by atoms with Gasteiger partial charge in [-0.3, -0.25) is 4.79 Å². The predicted molar refractivity (Wildman–Crippen MR) is 105 cm³/mol. The van der Waals surface area contributed by atoms with Crippen LogP contribution < -0.4 is 15.0 Å². The van der Waals surface area contributed by atoms with E-state index < -0.39 is 0 Å². The van der Waals surface area contributed by atoms with E-state index in [0.717, 1.165) is 36.5 Å². The van der Waals surface area contributed by atoms with Crippen molar-refractivity contribution >= 4 is 17.3 Å². The number of hydrogen-bond donors (Lipinski definition) is 1. The first-order valence-corrected chi connectivity index (χ1v) is 9.66. The van der Waals surface area contributed by atoms with Crippen LogP contribution in [0.3, 0.4) is 0 Å². The number of carbonyl (C=O) groups excluding carboxylic acids is 1. The smallest absolute Gasteiger partial charge is 0.231 e. The van der Waals surface area contributed by atoms with Crippen molar-refractivity contribution in [2.24, 2.45) is 5.92 Å². The van der Waals surface area contributed by atoms with E-state index in [9.17, 15) is 4.79 Å². The molecule has 1 fully saturated rings. The van der Waals surface area contributed by atoms with Crippen molar-refractivity contribution in [3.63, 3.8) is 0 Å². The third-order valence-corrected chi connectivity index (χ3v) is 5.36. The summed E-state index contributed by atoms with van der Waals surface area (Å²) < 4.78 is 5.74. The molecule has 0 bridgehead atoms. The molecular formula is C22H26N2O2. The topological polar surface area (TPSA) is 41.6 Å². The third-order valence-electron chi connectivity index (χ3n) is 5.36. The second-order valence-corrected chi connectivity index (χ2v) is 7.26. The second-order valence-electron chi connectivity index (χ2n) is 7.26. The van der Waals surface area contributed by atoms with Crippen molar-refractivity contribution in [3.8, 4) is 5.75 Å². The highest BCUT2D eigenvalue weighted by Gasteiger charge is 2.25. The number of anilines is 2. The monoisotopic (exact) mass is 350 g/mol. The number of hydrogen-bond acceptors (Lipinski definition) is 3. The van der Waals surface area contributed by atoms with Crippen LogP contribution in [0.5, 0.6) is 5.75 Å². The Morgan fingerprint density at radius 1 is 0.962 bits per heavy atom. The van der Waals surface area contributed by atoms with Gasteiger partial charge in [0.15, 0.2) is 0 Å². The molecule has 136 valence electrons. The van der Waals surface area contributed by atoms with Crippen molar-refractivity contribution in [1.29, 1.82) is 0 Å². The zero-order valence-corrected chi connectivity index (χ0v) is 15.1. The molecule has 1 N–H and O–H groups in total. The molecule has 2 aliphatic rings. The lowest BCUT2D eigenvalue weighted by molar-refractivity contribution is -0.121. The minimum absolute atomic E-state index is 0.0297. The molecular weight excluding hydrogens is 324 g/mol.